The smallest absolute Gasteiger partial charge is 0.261 e. The van der Waals surface area contributed by atoms with Gasteiger partial charge in [0.15, 0.2) is 6.61 Å². The van der Waals surface area contributed by atoms with E-state index in [1.807, 2.05) is 32.9 Å². The lowest BCUT2D eigenvalue weighted by Gasteiger charge is -2.33. The van der Waals surface area contributed by atoms with Crippen molar-refractivity contribution in [1.29, 1.82) is 0 Å². The minimum atomic E-state index is -0.529. The van der Waals surface area contributed by atoms with Gasteiger partial charge in [0.05, 0.1) is 18.2 Å². The third kappa shape index (κ3) is 3.47. The Kier molecular flexibility index (Phi) is 4.73. The molecule has 1 aliphatic rings. The summed E-state index contributed by atoms with van der Waals surface area (Å²) in [6, 6.07) is 7.18. The Labute approximate surface area is 125 Å². The number of ether oxygens (including phenoxy) is 2. The predicted octanol–water partition coefficient (Wildman–Crippen LogP) is 1.84. The molecule has 116 valence electrons. The highest BCUT2D eigenvalue weighted by atomic mass is 16.5. The molecule has 1 fully saturated rings. The van der Waals surface area contributed by atoms with Crippen LogP contribution >= 0.6 is 0 Å². The van der Waals surface area contributed by atoms with Gasteiger partial charge in [-0.25, -0.2) is 0 Å². The van der Waals surface area contributed by atoms with Crippen molar-refractivity contribution in [2.45, 2.75) is 38.8 Å². The normalized spacial score (nSPS) is 20.4. The number of amides is 1. The summed E-state index contributed by atoms with van der Waals surface area (Å²) in [5.74, 6) is 1.30. The van der Waals surface area contributed by atoms with Crippen LogP contribution in [0.2, 0.25) is 0 Å². The van der Waals surface area contributed by atoms with E-state index in [1.54, 1.807) is 17.0 Å². The van der Waals surface area contributed by atoms with Crippen molar-refractivity contribution in [2.75, 3.05) is 19.8 Å². The Bertz CT molecular complexity index is 484. The van der Waals surface area contributed by atoms with E-state index in [9.17, 15) is 9.90 Å². The summed E-state index contributed by atoms with van der Waals surface area (Å²) >= 11 is 0. The zero-order chi connectivity index (χ0) is 15.5. The lowest BCUT2D eigenvalue weighted by Crippen LogP contribution is -2.49. The molecule has 21 heavy (non-hydrogen) atoms. The first-order chi connectivity index (χ1) is 9.95. The van der Waals surface area contributed by atoms with Crippen molar-refractivity contribution in [1.82, 2.24) is 4.90 Å². The molecule has 1 aromatic carbocycles. The van der Waals surface area contributed by atoms with Crippen molar-refractivity contribution in [3.05, 3.63) is 24.3 Å². The Balaban J connectivity index is 1.89. The van der Waals surface area contributed by atoms with Crippen molar-refractivity contribution in [3.8, 4) is 11.5 Å². The van der Waals surface area contributed by atoms with Gasteiger partial charge in [-0.3, -0.25) is 4.79 Å². The molecule has 1 atom stereocenters. The summed E-state index contributed by atoms with van der Waals surface area (Å²) in [4.78, 5) is 13.9. The zero-order valence-electron chi connectivity index (χ0n) is 12.8. The number of carbonyl (C=O) groups is 1. The van der Waals surface area contributed by atoms with Crippen LogP contribution < -0.4 is 9.47 Å². The summed E-state index contributed by atoms with van der Waals surface area (Å²) in [6.07, 6.45) is 0.133. The summed E-state index contributed by atoms with van der Waals surface area (Å²) in [5.41, 5.74) is -0.529. The Hall–Kier alpha value is -1.75. The fourth-order valence-corrected chi connectivity index (χ4v) is 2.54. The second-order valence-corrected chi connectivity index (χ2v) is 5.70. The summed E-state index contributed by atoms with van der Waals surface area (Å²) in [7, 11) is 0. The maximum atomic E-state index is 12.2. The zero-order valence-corrected chi connectivity index (χ0v) is 12.8. The van der Waals surface area contributed by atoms with Crippen molar-refractivity contribution < 1.29 is 19.4 Å². The molecule has 2 rings (SSSR count). The number of aliphatic hydroxyl groups is 1. The molecule has 0 aromatic heterocycles. The Morgan fingerprint density at radius 3 is 2.33 bits per heavy atom. The Morgan fingerprint density at radius 1 is 1.29 bits per heavy atom. The molecule has 0 radical (unpaired) electrons. The summed E-state index contributed by atoms with van der Waals surface area (Å²) in [6.45, 7) is 6.84. The van der Waals surface area contributed by atoms with E-state index in [0.29, 0.717) is 25.3 Å². The number of hydrogen-bond donors (Lipinski definition) is 1. The molecule has 1 aromatic rings. The van der Waals surface area contributed by atoms with Crippen LogP contribution in [0.25, 0.3) is 0 Å². The van der Waals surface area contributed by atoms with Gasteiger partial charge in [-0.15, -0.1) is 0 Å². The highest BCUT2D eigenvalue weighted by molar-refractivity contribution is 5.79. The van der Waals surface area contributed by atoms with Gasteiger partial charge in [-0.05, 0) is 51.5 Å². The molecule has 0 aliphatic carbocycles. The lowest BCUT2D eigenvalue weighted by atomic mass is 9.99. The van der Waals surface area contributed by atoms with Crippen LogP contribution in [0.5, 0.6) is 11.5 Å². The van der Waals surface area contributed by atoms with Crippen LogP contribution in [0, 0.1) is 0 Å². The van der Waals surface area contributed by atoms with Gasteiger partial charge in [0.1, 0.15) is 11.5 Å². The van der Waals surface area contributed by atoms with Crippen LogP contribution in [-0.2, 0) is 4.79 Å². The van der Waals surface area contributed by atoms with E-state index in [1.165, 1.54) is 0 Å². The van der Waals surface area contributed by atoms with Gasteiger partial charge >= 0.3 is 0 Å². The standard InChI is InChI=1S/C16H23NO4/c1-4-20-12-5-7-13(8-6-12)21-11-15(19)17-10-9-14(18)16(17,2)3/h5-8,14,18H,4,9-11H2,1-3H3. The van der Waals surface area contributed by atoms with Crippen molar-refractivity contribution in [2.24, 2.45) is 0 Å². The molecule has 1 amide bonds. The SMILES string of the molecule is CCOc1ccc(OCC(=O)N2CCC(O)C2(C)C)cc1. The highest BCUT2D eigenvalue weighted by Gasteiger charge is 2.42. The van der Waals surface area contributed by atoms with Crippen molar-refractivity contribution >= 4 is 5.91 Å². The van der Waals surface area contributed by atoms with E-state index < -0.39 is 11.6 Å². The number of carbonyl (C=O) groups excluding carboxylic acids is 1. The molecule has 1 N–H and O–H groups in total. The number of likely N-dealkylation sites (tertiary alicyclic amines) is 1. The molecule has 1 heterocycles. The molecular formula is C16H23NO4. The number of rotatable bonds is 5. The molecule has 1 unspecified atom stereocenters. The summed E-state index contributed by atoms with van der Waals surface area (Å²) < 4.78 is 10.9. The third-order valence-corrected chi connectivity index (χ3v) is 3.94. The van der Waals surface area contributed by atoms with Gasteiger partial charge < -0.3 is 19.5 Å². The minimum absolute atomic E-state index is 0.0237. The van der Waals surface area contributed by atoms with Gasteiger partial charge in [-0.2, -0.15) is 0 Å². The van der Waals surface area contributed by atoms with Gasteiger partial charge in [0, 0.05) is 6.54 Å². The quantitative estimate of drug-likeness (QED) is 0.900. The molecular weight excluding hydrogens is 270 g/mol. The second-order valence-electron chi connectivity index (χ2n) is 5.70. The molecule has 0 saturated carbocycles. The van der Waals surface area contributed by atoms with E-state index in [-0.39, 0.29) is 12.5 Å². The first-order valence-corrected chi connectivity index (χ1v) is 7.29. The fourth-order valence-electron chi connectivity index (χ4n) is 2.54. The van der Waals surface area contributed by atoms with E-state index in [0.717, 1.165) is 5.75 Å². The van der Waals surface area contributed by atoms with Crippen LogP contribution in [0.3, 0.4) is 0 Å². The number of nitrogens with zero attached hydrogens (tertiary/aromatic N) is 1. The average molecular weight is 293 g/mol. The number of hydrogen-bond acceptors (Lipinski definition) is 4. The molecule has 0 spiro atoms. The first kappa shape index (κ1) is 15.6. The Morgan fingerprint density at radius 2 is 1.86 bits per heavy atom. The highest BCUT2D eigenvalue weighted by Crippen LogP contribution is 2.29. The first-order valence-electron chi connectivity index (χ1n) is 7.29. The lowest BCUT2D eigenvalue weighted by molar-refractivity contribution is -0.138. The molecule has 0 bridgehead atoms. The van der Waals surface area contributed by atoms with E-state index >= 15 is 0 Å². The monoisotopic (exact) mass is 293 g/mol. The molecule has 1 saturated heterocycles. The topological polar surface area (TPSA) is 59.0 Å². The van der Waals surface area contributed by atoms with Crippen LogP contribution in [-0.4, -0.2) is 47.3 Å². The van der Waals surface area contributed by atoms with Crippen LogP contribution in [0.15, 0.2) is 24.3 Å². The largest absolute Gasteiger partial charge is 0.494 e. The average Bonchev–Trinajstić information content (AvgIpc) is 2.72. The fraction of sp³-hybridized carbons (Fsp3) is 0.562. The number of benzene rings is 1. The predicted molar refractivity (Wildman–Crippen MR) is 79.5 cm³/mol. The van der Waals surface area contributed by atoms with E-state index in [2.05, 4.69) is 0 Å². The minimum Gasteiger partial charge on any atom is -0.494 e. The third-order valence-electron chi connectivity index (χ3n) is 3.94. The van der Waals surface area contributed by atoms with Gasteiger partial charge in [0.2, 0.25) is 0 Å². The van der Waals surface area contributed by atoms with Crippen LogP contribution in [0.4, 0.5) is 0 Å². The number of aliphatic hydroxyl groups excluding tert-OH is 1. The van der Waals surface area contributed by atoms with Gasteiger partial charge in [0.25, 0.3) is 5.91 Å². The molecule has 1 aliphatic heterocycles. The molecule has 5 nitrogen and oxygen atoms in total. The maximum absolute atomic E-state index is 12.2. The molecule has 5 heteroatoms. The second kappa shape index (κ2) is 6.35. The summed E-state index contributed by atoms with van der Waals surface area (Å²) in [5, 5.41) is 9.89. The van der Waals surface area contributed by atoms with Crippen LogP contribution in [0.1, 0.15) is 27.2 Å². The van der Waals surface area contributed by atoms with Crippen molar-refractivity contribution in [3.63, 3.8) is 0 Å². The maximum Gasteiger partial charge on any atom is 0.261 e. The van der Waals surface area contributed by atoms with Gasteiger partial charge in [-0.1, -0.05) is 0 Å². The van der Waals surface area contributed by atoms with E-state index in [4.69, 9.17) is 9.47 Å².